The van der Waals surface area contributed by atoms with Crippen LogP contribution in [-0.2, 0) is 9.53 Å². The lowest BCUT2D eigenvalue weighted by molar-refractivity contribution is -0.136. The van der Waals surface area contributed by atoms with Gasteiger partial charge in [0.2, 0.25) is 0 Å². The van der Waals surface area contributed by atoms with Gasteiger partial charge in [-0.25, -0.2) is 9.59 Å². The maximum Gasteiger partial charge on any atom is 0.338 e. The molecule has 0 unspecified atom stereocenters. The summed E-state index contributed by atoms with van der Waals surface area (Å²) in [6.45, 7) is 10.2. The Morgan fingerprint density at radius 3 is 2.33 bits per heavy atom. The summed E-state index contributed by atoms with van der Waals surface area (Å²) in [6, 6.07) is 13.5. The fraction of sp³-hybridized carbons (Fsp3) is 0.385. The Morgan fingerprint density at radius 1 is 1.00 bits per heavy atom. The van der Waals surface area contributed by atoms with E-state index in [1.807, 2.05) is 31.2 Å². The van der Waals surface area contributed by atoms with E-state index in [4.69, 9.17) is 4.74 Å². The molecule has 1 fully saturated rings. The van der Waals surface area contributed by atoms with Crippen LogP contribution in [0.4, 0.5) is 10.5 Å². The van der Waals surface area contributed by atoms with E-state index in [1.54, 1.807) is 0 Å². The molecule has 2 amide bonds. The lowest BCUT2D eigenvalue weighted by Crippen LogP contribution is -2.51. The maximum absolute atomic E-state index is 12.8. The van der Waals surface area contributed by atoms with Crippen molar-refractivity contribution in [3.8, 4) is 0 Å². The van der Waals surface area contributed by atoms with Crippen LogP contribution in [-0.4, -0.2) is 56.7 Å². The fourth-order valence-corrected chi connectivity index (χ4v) is 4.53. The summed E-state index contributed by atoms with van der Waals surface area (Å²) >= 11 is 0. The second-order valence-corrected chi connectivity index (χ2v) is 8.88. The molecular weight excluding hydrogens is 416 g/mol. The standard InChI is InChI=1S/C26H32N4O3/c1-17-6-9-20(10-7-17)24-23(25(31)33-4)21(27-26(32)28-24)16-29-11-13-30(14-12-29)22-15-18(2)5-8-19(22)3/h5-10,15,24H,11-14,16H2,1-4H3,(H2,27,28,32)/t24-/m0/s1. The summed E-state index contributed by atoms with van der Waals surface area (Å²) in [7, 11) is 1.37. The number of aryl methyl sites for hydroxylation is 3. The van der Waals surface area contributed by atoms with Crippen molar-refractivity contribution in [1.82, 2.24) is 15.5 Å². The highest BCUT2D eigenvalue weighted by atomic mass is 16.5. The molecule has 7 nitrogen and oxygen atoms in total. The number of hydrogen-bond acceptors (Lipinski definition) is 5. The number of esters is 1. The average molecular weight is 449 g/mol. The first-order valence-electron chi connectivity index (χ1n) is 11.4. The topological polar surface area (TPSA) is 73.9 Å². The zero-order valence-corrected chi connectivity index (χ0v) is 19.8. The van der Waals surface area contributed by atoms with Crippen LogP contribution in [0, 0.1) is 20.8 Å². The fourth-order valence-electron chi connectivity index (χ4n) is 4.53. The molecule has 2 heterocycles. The largest absolute Gasteiger partial charge is 0.466 e. The number of nitrogens with one attached hydrogen (secondary N) is 2. The smallest absolute Gasteiger partial charge is 0.338 e. The summed E-state index contributed by atoms with van der Waals surface area (Å²) in [5.41, 5.74) is 6.84. The van der Waals surface area contributed by atoms with E-state index in [0.29, 0.717) is 17.8 Å². The molecule has 0 bridgehead atoms. The van der Waals surface area contributed by atoms with Gasteiger partial charge in [-0.2, -0.15) is 0 Å². The average Bonchev–Trinajstić information content (AvgIpc) is 2.81. The highest BCUT2D eigenvalue weighted by molar-refractivity contribution is 5.95. The highest BCUT2D eigenvalue weighted by Gasteiger charge is 2.34. The normalized spacial score (nSPS) is 19.2. The highest BCUT2D eigenvalue weighted by Crippen LogP contribution is 2.29. The number of methoxy groups -OCH3 is 1. The Morgan fingerprint density at radius 2 is 1.67 bits per heavy atom. The molecule has 0 saturated carbocycles. The van der Waals surface area contributed by atoms with Crippen molar-refractivity contribution >= 4 is 17.7 Å². The van der Waals surface area contributed by atoms with Crippen LogP contribution >= 0.6 is 0 Å². The van der Waals surface area contributed by atoms with Gasteiger partial charge in [0.1, 0.15) is 0 Å². The monoisotopic (exact) mass is 448 g/mol. The molecule has 2 aliphatic heterocycles. The van der Waals surface area contributed by atoms with E-state index in [1.165, 1.54) is 23.9 Å². The molecule has 1 saturated heterocycles. The molecule has 2 N–H and O–H groups in total. The minimum atomic E-state index is -0.543. The first-order chi connectivity index (χ1) is 15.9. The molecule has 7 heteroatoms. The number of piperazine rings is 1. The van der Waals surface area contributed by atoms with Crippen LogP contribution in [0.3, 0.4) is 0 Å². The number of carbonyl (C=O) groups is 2. The van der Waals surface area contributed by atoms with Crippen LogP contribution in [0.25, 0.3) is 0 Å². The van der Waals surface area contributed by atoms with Crippen molar-refractivity contribution < 1.29 is 14.3 Å². The molecule has 33 heavy (non-hydrogen) atoms. The van der Waals surface area contributed by atoms with Crippen molar-refractivity contribution in [2.45, 2.75) is 26.8 Å². The van der Waals surface area contributed by atoms with E-state index in [-0.39, 0.29) is 6.03 Å². The van der Waals surface area contributed by atoms with Crippen LogP contribution in [0.15, 0.2) is 53.7 Å². The molecular formula is C26H32N4O3. The third-order valence-corrected chi connectivity index (χ3v) is 6.43. The molecule has 2 aromatic rings. The summed E-state index contributed by atoms with van der Waals surface area (Å²) in [6.07, 6.45) is 0. The van der Waals surface area contributed by atoms with Crippen LogP contribution in [0.2, 0.25) is 0 Å². The number of amides is 2. The minimum Gasteiger partial charge on any atom is -0.466 e. The van der Waals surface area contributed by atoms with E-state index in [0.717, 1.165) is 37.3 Å². The van der Waals surface area contributed by atoms with Gasteiger partial charge in [-0.15, -0.1) is 0 Å². The lowest BCUT2D eigenvalue weighted by atomic mass is 9.94. The third-order valence-electron chi connectivity index (χ3n) is 6.43. The number of nitrogens with zero attached hydrogens (tertiary/aromatic N) is 2. The number of carbonyl (C=O) groups excluding carboxylic acids is 2. The number of anilines is 1. The number of rotatable bonds is 5. The van der Waals surface area contributed by atoms with Gasteiger partial charge >= 0.3 is 12.0 Å². The van der Waals surface area contributed by atoms with Gasteiger partial charge < -0.3 is 20.3 Å². The Labute approximate surface area is 195 Å². The van der Waals surface area contributed by atoms with Gasteiger partial charge in [0.15, 0.2) is 0 Å². The third kappa shape index (κ3) is 5.03. The molecule has 0 aromatic heterocycles. The van der Waals surface area contributed by atoms with Crippen molar-refractivity contribution in [2.24, 2.45) is 0 Å². The SMILES string of the molecule is COC(=O)C1=C(CN2CCN(c3cc(C)ccc3C)CC2)NC(=O)N[C@H]1c1ccc(C)cc1. The second-order valence-electron chi connectivity index (χ2n) is 8.88. The van der Waals surface area contributed by atoms with E-state index in [9.17, 15) is 9.59 Å². The number of hydrogen-bond donors (Lipinski definition) is 2. The second kappa shape index (κ2) is 9.67. The Kier molecular flexibility index (Phi) is 6.70. The van der Waals surface area contributed by atoms with E-state index >= 15 is 0 Å². The molecule has 0 spiro atoms. The van der Waals surface area contributed by atoms with Crippen LogP contribution in [0.5, 0.6) is 0 Å². The zero-order chi connectivity index (χ0) is 23.5. The van der Waals surface area contributed by atoms with Gasteiger partial charge in [0.05, 0.1) is 18.7 Å². The number of benzene rings is 2. The number of urea groups is 1. The van der Waals surface area contributed by atoms with E-state index < -0.39 is 12.0 Å². The van der Waals surface area contributed by atoms with Crippen molar-refractivity contribution in [1.29, 1.82) is 0 Å². The molecule has 2 aromatic carbocycles. The first-order valence-corrected chi connectivity index (χ1v) is 11.4. The molecule has 174 valence electrons. The molecule has 4 rings (SSSR count). The number of ether oxygens (including phenoxy) is 1. The van der Waals surface area contributed by atoms with Crippen molar-refractivity contribution in [2.75, 3.05) is 44.7 Å². The van der Waals surface area contributed by atoms with E-state index in [2.05, 4.69) is 52.5 Å². The first kappa shape index (κ1) is 22.9. The summed E-state index contributed by atoms with van der Waals surface area (Å²) < 4.78 is 5.10. The van der Waals surface area contributed by atoms with Gasteiger partial charge in [-0.05, 0) is 43.5 Å². The molecule has 1 atom stereocenters. The zero-order valence-electron chi connectivity index (χ0n) is 19.8. The van der Waals surface area contributed by atoms with Gasteiger partial charge in [-0.3, -0.25) is 4.90 Å². The molecule has 0 radical (unpaired) electrons. The van der Waals surface area contributed by atoms with Crippen molar-refractivity contribution in [3.63, 3.8) is 0 Å². The predicted molar refractivity (Wildman–Crippen MR) is 129 cm³/mol. The Hall–Kier alpha value is -3.32. The van der Waals surface area contributed by atoms with Crippen molar-refractivity contribution in [3.05, 3.63) is 76.0 Å². The molecule has 0 aliphatic carbocycles. The summed E-state index contributed by atoms with van der Waals surface area (Å²) in [4.78, 5) is 30.0. The lowest BCUT2D eigenvalue weighted by Gasteiger charge is -2.38. The molecule has 2 aliphatic rings. The Balaban J connectivity index is 1.54. The Bertz CT molecular complexity index is 1070. The van der Waals surface area contributed by atoms with Gasteiger partial charge in [0.25, 0.3) is 0 Å². The van der Waals surface area contributed by atoms with Crippen LogP contribution in [0.1, 0.15) is 28.3 Å². The van der Waals surface area contributed by atoms with Gasteiger partial charge in [0, 0.05) is 44.1 Å². The van der Waals surface area contributed by atoms with Crippen LogP contribution < -0.4 is 15.5 Å². The minimum absolute atomic E-state index is 0.308. The maximum atomic E-state index is 12.8. The summed E-state index contributed by atoms with van der Waals surface area (Å²) in [5, 5.41) is 5.76. The quantitative estimate of drug-likeness (QED) is 0.687. The summed E-state index contributed by atoms with van der Waals surface area (Å²) in [5.74, 6) is -0.433. The predicted octanol–water partition coefficient (Wildman–Crippen LogP) is 3.22. The van der Waals surface area contributed by atoms with Gasteiger partial charge in [-0.1, -0.05) is 42.0 Å².